The molecule has 162 valence electrons. The van der Waals surface area contributed by atoms with Gasteiger partial charge in [-0.1, -0.05) is 22.8 Å². The van der Waals surface area contributed by atoms with Gasteiger partial charge in [-0.15, -0.1) is 0 Å². The largest absolute Gasteiger partial charge is 0.451 e. The summed E-state index contributed by atoms with van der Waals surface area (Å²) in [5.41, 5.74) is 0.279. The summed E-state index contributed by atoms with van der Waals surface area (Å²) in [5, 5.41) is 4.54. The molecule has 11 heteroatoms. The molecule has 4 rings (SSSR count). The first-order chi connectivity index (χ1) is 14.9. The Hall–Kier alpha value is -3.01. The van der Waals surface area contributed by atoms with Crippen molar-refractivity contribution in [1.82, 2.24) is 19.9 Å². The van der Waals surface area contributed by atoms with Crippen LogP contribution in [0.4, 0.5) is 13.2 Å². The molecule has 0 unspecified atom stereocenters. The highest BCUT2D eigenvalue weighted by Crippen LogP contribution is 2.34. The number of aromatic nitrogens is 4. The summed E-state index contributed by atoms with van der Waals surface area (Å²) in [6.07, 6.45) is 2.35. The van der Waals surface area contributed by atoms with Gasteiger partial charge >= 0.3 is 12.2 Å². The zero-order valence-corrected chi connectivity index (χ0v) is 16.9. The molecule has 3 aromatic rings. The number of halogens is 4. The topological polar surface area (TPSA) is 82.4 Å². The molecule has 1 aromatic carbocycles. The maximum Gasteiger partial charge on any atom is 0.451 e. The Labute approximate surface area is 180 Å². The number of fused-ring (bicyclic) bond motifs is 1. The van der Waals surface area contributed by atoms with Crippen LogP contribution in [0.5, 0.6) is 11.8 Å². The quantitative estimate of drug-likeness (QED) is 0.344. The van der Waals surface area contributed by atoms with Crippen molar-refractivity contribution in [2.24, 2.45) is 11.1 Å². The lowest BCUT2D eigenvalue weighted by molar-refractivity contribution is -0.144. The van der Waals surface area contributed by atoms with Gasteiger partial charge in [0.2, 0.25) is 5.82 Å². The van der Waals surface area contributed by atoms with Gasteiger partial charge < -0.3 is 9.57 Å². The number of hydrogen-bond donors (Lipinski definition) is 0. The van der Waals surface area contributed by atoms with Crippen LogP contribution in [0, 0.1) is 5.92 Å². The van der Waals surface area contributed by atoms with E-state index in [0.717, 1.165) is 12.8 Å². The van der Waals surface area contributed by atoms with E-state index >= 15 is 0 Å². The predicted molar refractivity (Wildman–Crippen MR) is 107 cm³/mol. The zero-order valence-electron chi connectivity index (χ0n) is 16.1. The van der Waals surface area contributed by atoms with E-state index in [1.165, 1.54) is 30.7 Å². The molecule has 0 N–H and O–H groups in total. The van der Waals surface area contributed by atoms with Crippen molar-refractivity contribution in [2.45, 2.75) is 31.9 Å². The molecule has 1 aliphatic rings. The summed E-state index contributed by atoms with van der Waals surface area (Å²) in [4.78, 5) is 20.5. The molecule has 1 saturated carbocycles. The van der Waals surface area contributed by atoms with E-state index in [0.29, 0.717) is 29.4 Å². The first-order valence-corrected chi connectivity index (χ1v) is 9.94. The van der Waals surface area contributed by atoms with Crippen LogP contribution in [0.2, 0.25) is 5.02 Å². The third-order valence-corrected chi connectivity index (χ3v) is 4.67. The highest BCUT2D eigenvalue weighted by Gasteiger charge is 2.35. The van der Waals surface area contributed by atoms with Crippen molar-refractivity contribution in [3.05, 3.63) is 47.1 Å². The van der Waals surface area contributed by atoms with Gasteiger partial charge in [-0.2, -0.15) is 13.2 Å². The highest BCUT2D eigenvalue weighted by molar-refractivity contribution is 6.30. The highest BCUT2D eigenvalue weighted by atomic mass is 35.5. The van der Waals surface area contributed by atoms with E-state index in [1.54, 1.807) is 6.07 Å². The summed E-state index contributed by atoms with van der Waals surface area (Å²) < 4.78 is 45.6. The van der Waals surface area contributed by atoms with E-state index in [-0.39, 0.29) is 29.4 Å². The Morgan fingerprint density at radius 3 is 2.65 bits per heavy atom. The molecule has 0 aliphatic heterocycles. The van der Waals surface area contributed by atoms with E-state index in [9.17, 15) is 13.2 Å². The van der Waals surface area contributed by atoms with Crippen molar-refractivity contribution in [2.75, 3.05) is 6.61 Å². The number of oxime groups is 1. The second-order valence-electron chi connectivity index (χ2n) is 6.99. The van der Waals surface area contributed by atoms with Gasteiger partial charge in [0.05, 0.1) is 34.0 Å². The minimum absolute atomic E-state index is 0.00205. The lowest BCUT2D eigenvalue weighted by Gasteiger charge is -2.13. The van der Waals surface area contributed by atoms with Gasteiger partial charge in [0.25, 0.3) is 0 Å². The van der Waals surface area contributed by atoms with Crippen LogP contribution in [0.25, 0.3) is 10.9 Å². The molecule has 1 aliphatic carbocycles. The fourth-order valence-electron chi connectivity index (χ4n) is 2.81. The number of ether oxygens (including phenoxy) is 1. The standard InChI is InChI=1S/C20H17ClF3N5O2/c21-13-9-25-19(26-10-13)31-16-5-1-3-14-17(16)15(29-18(28-14)20(22,23)24)4-2-8-27-30-11-12-6-7-12/h1,3,5,8-10,12H,2,4,6-7,11H2. The molecule has 1 fully saturated rings. The lowest BCUT2D eigenvalue weighted by Crippen LogP contribution is -2.13. The summed E-state index contributed by atoms with van der Waals surface area (Å²) in [7, 11) is 0. The molecule has 0 saturated heterocycles. The first-order valence-electron chi connectivity index (χ1n) is 9.56. The Bertz CT molecular complexity index is 1090. The average molecular weight is 452 g/mol. The monoisotopic (exact) mass is 451 g/mol. The van der Waals surface area contributed by atoms with Gasteiger partial charge in [-0.25, -0.2) is 19.9 Å². The molecular formula is C20H17ClF3N5O2. The zero-order chi connectivity index (χ0) is 21.8. The van der Waals surface area contributed by atoms with E-state index in [2.05, 4.69) is 25.1 Å². The predicted octanol–water partition coefficient (Wildman–Crippen LogP) is 5.23. The maximum atomic E-state index is 13.3. The summed E-state index contributed by atoms with van der Waals surface area (Å²) in [6.45, 7) is 0.560. The number of aryl methyl sites for hydroxylation is 1. The molecule has 31 heavy (non-hydrogen) atoms. The molecule has 0 amide bonds. The SMILES string of the molecule is FC(F)(F)c1nc(CCC=NOCC2CC2)c2c(Oc3ncc(Cl)cn3)cccc2n1. The fourth-order valence-corrected chi connectivity index (χ4v) is 2.91. The second-order valence-corrected chi connectivity index (χ2v) is 7.43. The van der Waals surface area contributed by atoms with Gasteiger partial charge in [-0.3, -0.25) is 0 Å². The van der Waals surface area contributed by atoms with Gasteiger partial charge in [0, 0.05) is 6.21 Å². The van der Waals surface area contributed by atoms with E-state index in [4.69, 9.17) is 21.2 Å². The normalized spacial score (nSPS) is 14.3. The molecular weight excluding hydrogens is 435 g/mol. The summed E-state index contributed by atoms with van der Waals surface area (Å²) in [6, 6.07) is 4.60. The van der Waals surface area contributed by atoms with Crippen molar-refractivity contribution in [1.29, 1.82) is 0 Å². The summed E-state index contributed by atoms with van der Waals surface area (Å²) in [5.74, 6) is -0.408. The molecule has 0 radical (unpaired) electrons. The van der Waals surface area contributed by atoms with Crippen LogP contribution in [0.3, 0.4) is 0 Å². The van der Waals surface area contributed by atoms with Crippen molar-refractivity contribution in [3.63, 3.8) is 0 Å². The van der Waals surface area contributed by atoms with Crippen LogP contribution < -0.4 is 4.74 Å². The third-order valence-electron chi connectivity index (χ3n) is 4.48. The minimum Gasteiger partial charge on any atom is -0.424 e. The van der Waals surface area contributed by atoms with Crippen LogP contribution in [0.1, 0.15) is 30.8 Å². The molecule has 0 bridgehead atoms. The second kappa shape index (κ2) is 9.01. The van der Waals surface area contributed by atoms with Crippen molar-refractivity contribution < 1.29 is 22.7 Å². The number of benzene rings is 1. The minimum atomic E-state index is -4.68. The number of hydrogen-bond acceptors (Lipinski definition) is 7. The van der Waals surface area contributed by atoms with E-state index < -0.39 is 12.0 Å². The third kappa shape index (κ3) is 5.57. The van der Waals surface area contributed by atoms with Crippen LogP contribution in [-0.4, -0.2) is 32.8 Å². The molecule has 2 aromatic heterocycles. The Morgan fingerprint density at radius 1 is 1.16 bits per heavy atom. The molecule has 2 heterocycles. The summed E-state index contributed by atoms with van der Waals surface area (Å²) >= 11 is 5.78. The average Bonchev–Trinajstić information content (AvgIpc) is 3.56. The van der Waals surface area contributed by atoms with Crippen LogP contribution in [-0.2, 0) is 17.4 Å². The van der Waals surface area contributed by atoms with Gasteiger partial charge in [0.15, 0.2) is 0 Å². The van der Waals surface area contributed by atoms with Gasteiger partial charge in [-0.05, 0) is 43.7 Å². The molecule has 0 atom stereocenters. The van der Waals surface area contributed by atoms with Gasteiger partial charge in [0.1, 0.15) is 12.4 Å². The Morgan fingerprint density at radius 2 is 1.94 bits per heavy atom. The van der Waals surface area contributed by atoms with Crippen molar-refractivity contribution >= 4 is 28.7 Å². The van der Waals surface area contributed by atoms with Crippen LogP contribution in [0.15, 0.2) is 35.7 Å². The fraction of sp³-hybridized carbons (Fsp3) is 0.350. The number of rotatable bonds is 8. The Balaban J connectivity index is 1.63. The van der Waals surface area contributed by atoms with E-state index in [1.807, 2.05) is 0 Å². The number of alkyl halides is 3. The molecule has 0 spiro atoms. The Kier molecular flexibility index (Phi) is 6.17. The molecule has 7 nitrogen and oxygen atoms in total. The number of nitrogens with zero attached hydrogens (tertiary/aromatic N) is 5. The lowest BCUT2D eigenvalue weighted by atomic mass is 10.1. The van der Waals surface area contributed by atoms with Crippen molar-refractivity contribution in [3.8, 4) is 11.8 Å². The first kappa shape index (κ1) is 21.2. The van der Waals surface area contributed by atoms with Crippen LogP contribution >= 0.6 is 11.6 Å². The smallest absolute Gasteiger partial charge is 0.424 e. The maximum absolute atomic E-state index is 13.3.